The molecule has 1 fully saturated rings. The lowest BCUT2D eigenvalue weighted by atomic mass is 10.2. The Morgan fingerprint density at radius 2 is 1.90 bits per heavy atom. The van der Waals surface area contributed by atoms with Gasteiger partial charge in [0, 0.05) is 32.7 Å². The van der Waals surface area contributed by atoms with Crippen LogP contribution in [0.25, 0.3) is 11.2 Å². The third-order valence-electron chi connectivity index (χ3n) is 5.12. The number of sulfonamides is 1. The number of hydrogen-bond donors (Lipinski definition) is 0. The number of piperazine rings is 1. The Hall–Kier alpha value is -2.79. The van der Waals surface area contributed by atoms with Gasteiger partial charge in [-0.3, -0.25) is 0 Å². The molecule has 0 spiro atoms. The minimum atomic E-state index is -3.57. The molecule has 1 aromatic carbocycles. The molecule has 11 heteroatoms. The molecule has 0 amide bonds. The lowest BCUT2D eigenvalue weighted by molar-refractivity contribution is 0.383. The van der Waals surface area contributed by atoms with Crippen molar-refractivity contribution in [2.24, 2.45) is 0 Å². The van der Waals surface area contributed by atoms with E-state index in [0.717, 1.165) is 5.56 Å². The molecular formula is C18H23N7O3S. The van der Waals surface area contributed by atoms with E-state index in [9.17, 15) is 8.42 Å². The molecule has 1 aliphatic rings. The van der Waals surface area contributed by atoms with Crippen LogP contribution in [0.15, 0.2) is 29.4 Å². The quantitative estimate of drug-likeness (QED) is 0.607. The Morgan fingerprint density at radius 1 is 1.14 bits per heavy atom. The van der Waals surface area contributed by atoms with E-state index in [1.165, 1.54) is 10.6 Å². The molecule has 1 aliphatic heterocycles. The van der Waals surface area contributed by atoms with Crippen molar-refractivity contribution < 1.29 is 13.2 Å². The van der Waals surface area contributed by atoms with Crippen molar-refractivity contribution in [1.29, 1.82) is 0 Å². The molecule has 29 heavy (non-hydrogen) atoms. The van der Waals surface area contributed by atoms with Gasteiger partial charge in [0.05, 0.1) is 12.0 Å². The van der Waals surface area contributed by atoms with Crippen molar-refractivity contribution in [2.45, 2.75) is 25.3 Å². The van der Waals surface area contributed by atoms with Crippen molar-refractivity contribution >= 4 is 27.0 Å². The van der Waals surface area contributed by atoms with E-state index in [1.54, 1.807) is 30.0 Å². The van der Waals surface area contributed by atoms with Gasteiger partial charge in [0.15, 0.2) is 17.0 Å². The number of fused-ring (bicyclic) bond motifs is 1. The molecule has 1 saturated heterocycles. The summed E-state index contributed by atoms with van der Waals surface area (Å²) in [6.07, 6.45) is 1.50. The van der Waals surface area contributed by atoms with E-state index in [0.29, 0.717) is 55.5 Å². The fourth-order valence-electron chi connectivity index (χ4n) is 3.53. The third kappa shape index (κ3) is 3.40. The first-order chi connectivity index (χ1) is 14.0. The van der Waals surface area contributed by atoms with Crippen molar-refractivity contribution in [3.8, 4) is 5.75 Å². The number of rotatable bonds is 5. The highest BCUT2D eigenvalue weighted by Crippen LogP contribution is 2.26. The number of nitrogens with zero attached hydrogens (tertiary/aromatic N) is 7. The number of aryl methyl sites for hydroxylation is 2. The second-order valence-corrected chi connectivity index (χ2v) is 8.74. The molecule has 2 aromatic heterocycles. The number of aromatic nitrogens is 5. The van der Waals surface area contributed by atoms with Gasteiger partial charge >= 0.3 is 0 Å². The zero-order valence-corrected chi connectivity index (χ0v) is 17.4. The SMILES string of the molecule is CCn1nnc2c(N3CCN(S(=O)(=O)c4ccc(OC)c(C)c4)CC3)ncnc21. The summed E-state index contributed by atoms with van der Waals surface area (Å²) in [6.45, 7) is 6.22. The molecular weight excluding hydrogens is 394 g/mol. The average Bonchev–Trinajstić information content (AvgIpc) is 3.17. The van der Waals surface area contributed by atoms with Crippen LogP contribution in [0.2, 0.25) is 0 Å². The summed E-state index contributed by atoms with van der Waals surface area (Å²) in [5.41, 5.74) is 2.10. The van der Waals surface area contributed by atoms with Crippen molar-refractivity contribution in [1.82, 2.24) is 29.3 Å². The topological polar surface area (TPSA) is 106 Å². The molecule has 0 radical (unpaired) electrons. The molecule has 0 N–H and O–H groups in total. The minimum absolute atomic E-state index is 0.277. The van der Waals surface area contributed by atoms with E-state index in [2.05, 4.69) is 20.3 Å². The Kier molecular flexibility index (Phi) is 5.09. The number of anilines is 1. The second kappa shape index (κ2) is 7.56. The summed E-state index contributed by atoms with van der Waals surface area (Å²) in [7, 11) is -2.00. The van der Waals surface area contributed by atoms with Crippen LogP contribution in [0.3, 0.4) is 0 Å². The molecule has 10 nitrogen and oxygen atoms in total. The van der Waals surface area contributed by atoms with Gasteiger partial charge in [0.1, 0.15) is 12.1 Å². The van der Waals surface area contributed by atoms with E-state index in [-0.39, 0.29) is 4.90 Å². The maximum Gasteiger partial charge on any atom is 0.243 e. The third-order valence-corrected chi connectivity index (χ3v) is 7.02. The monoisotopic (exact) mass is 417 g/mol. The van der Waals surface area contributed by atoms with Crippen LogP contribution >= 0.6 is 0 Å². The lowest BCUT2D eigenvalue weighted by Gasteiger charge is -2.34. The van der Waals surface area contributed by atoms with Gasteiger partial charge in [-0.1, -0.05) is 5.21 Å². The van der Waals surface area contributed by atoms with Gasteiger partial charge in [-0.25, -0.2) is 23.1 Å². The van der Waals surface area contributed by atoms with Gasteiger partial charge in [0.25, 0.3) is 0 Å². The molecule has 4 rings (SSSR count). The molecule has 154 valence electrons. The highest BCUT2D eigenvalue weighted by molar-refractivity contribution is 7.89. The summed E-state index contributed by atoms with van der Waals surface area (Å²) in [4.78, 5) is 10.9. The Labute approximate surface area is 169 Å². The molecule has 3 heterocycles. The zero-order chi connectivity index (χ0) is 20.6. The normalized spacial score (nSPS) is 15.8. The predicted molar refractivity (Wildman–Crippen MR) is 107 cm³/mol. The van der Waals surface area contributed by atoms with E-state index >= 15 is 0 Å². The van der Waals surface area contributed by atoms with Crippen LogP contribution in [0, 0.1) is 6.92 Å². The fraction of sp³-hybridized carbons (Fsp3) is 0.444. The molecule has 0 unspecified atom stereocenters. The fourth-order valence-corrected chi connectivity index (χ4v) is 5.03. The maximum atomic E-state index is 13.1. The van der Waals surface area contributed by atoms with Crippen LogP contribution in [0.5, 0.6) is 5.75 Å². The number of hydrogen-bond acceptors (Lipinski definition) is 8. The van der Waals surface area contributed by atoms with Gasteiger partial charge in [0.2, 0.25) is 10.0 Å². The molecule has 0 saturated carbocycles. The van der Waals surface area contributed by atoms with Crippen molar-refractivity contribution in [3.05, 3.63) is 30.1 Å². The van der Waals surface area contributed by atoms with Crippen LogP contribution in [0.1, 0.15) is 12.5 Å². The van der Waals surface area contributed by atoms with Crippen LogP contribution in [-0.4, -0.2) is 71.0 Å². The Bertz CT molecular complexity index is 1140. The highest BCUT2D eigenvalue weighted by Gasteiger charge is 2.30. The van der Waals surface area contributed by atoms with Crippen LogP contribution in [0.4, 0.5) is 5.82 Å². The number of benzene rings is 1. The Morgan fingerprint density at radius 3 is 2.55 bits per heavy atom. The van der Waals surface area contributed by atoms with Gasteiger partial charge in [-0.05, 0) is 37.6 Å². The highest BCUT2D eigenvalue weighted by atomic mass is 32.2. The first kappa shape index (κ1) is 19.5. The summed E-state index contributed by atoms with van der Waals surface area (Å²) >= 11 is 0. The van der Waals surface area contributed by atoms with Gasteiger partial charge in [-0.15, -0.1) is 5.10 Å². The first-order valence-corrected chi connectivity index (χ1v) is 10.8. The van der Waals surface area contributed by atoms with Gasteiger partial charge in [-0.2, -0.15) is 4.31 Å². The summed E-state index contributed by atoms with van der Waals surface area (Å²) in [6, 6.07) is 4.93. The standard InChI is InChI=1S/C18H23N7O3S/c1-4-25-18-16(21-22-25)17(19-12-20-18)23-7-9-24(10-8-23)29(26,27)14-5-6-15(28-3)13(2)11-14/h5-6,11-12H,4,7-10H2,1-3H3. The largest absolute Gasteiger partial charge is 0.496 e. The van der Waals surface area contributed by atoms with E-state index < -0.39 is 10.0 Å². The molecule has 0 aliphatic carbocycles. The maximum absolute atomic E-state index is 13.1. The van der Waals surface area contributed by atoms with Crippen LogP contribution in [-0.2, 0) is 16.6 Å². The zero-order valence-electron chi connectivity index (χ0n) is 16.6. The Balaban J connectivity index is 1.54. The van der Waals surface area contributed by atoms with Crippen LogP contribution < -0.4 is 9.64 Å². The minimum Gasteiger partial charge on any atom is -0.496 e. The van der Waals surface area contributed by atoms with Crippen molar-refractivity contribution in [3.63, 3.8) is 0 Å². The predicted octanol–water partition coefficient (Wildman–Crippen LogP) is 1.07. The second-order valence-electron chi connectivity index (χ2n) is 6.80. The number of methoxy groups -OCH3 is 1. The van der Waals surface area contributed by atoms with Crippen molar-refractivity contribution in [2.75, 3.05) is 38.2 Å². The molecule has 0 bridgehead atoms. The van der Waals surface area contributed by atoms with E-state index in [4.69, 9.17) is 4.74 Å². The summed E-state index contributed by atoms with van der Waals surface area (Å²) in [5.74, 6) is 1.36. The van der Waals surface area contributed by atoms with Gasteiger partial charge < -0.3 is 9.64 Å². The number of ether oxygens (including phenoxy) is 1. The molecule has 0 atom stereocenters. The van der Waals surface area contributed by atoms with E-state index in [1.807, 2.05) is 18.7 Å². The smallest absolute Gasteiger partial charge is 0.243 e. The molecule has 3 aromatic rings. The lowest BCUT2D eigenvalue weighted by Crippen LogP contribution is -2.49. The summed E-state index contributed by atoms with van der Waals surface area (Å²) in [5, 5.41) is 8.32. The summed E-state index contributed by atoms with van der Waals surface area (Å²) < 4.78 is 34.6. The first-order valence-electron chi connectivity index (χ1n) is 9.39. The average molecular weight is 417 g/mol.